The fourth-order valence-corrected chi connectivity index (χ4v) is 2.77. The monoisotopic (exact) mass is 255 g/mol. The third-order valence-corrected chi connectivity index (χ3v) is 3.69. The van der Waals surface area contributed by atoms with Crippen LogP contribution in [0.3, 0.4) is 0 Å². The lowest BCUT2D eigenvalue weighted by Crippen LogP contribution is -2.22. The Kier molecular flexibility index (Phi) is 3.98. The second kappa shape index (κ2) is 5.48. The number of rotatable bonds is 5. The number of hydrogen-bond acceptors (Lipinski definition) is 3. The SMILES string of the molecule is CCNC(Cc1ncc[nH]1)c1ccc(Cl)s1. The summed E-state index contributed by atoms with van der Waals surface area (Å²) in [5, 5.41) is 3.44. The van der Waals surface area contributed by atoms with Crippen molar-refractivity contribution < 1.29 is 0 Å². The molecule has 1 unspecified atom stereocenters. The molecule has 0 bridgehead atoms. The van der Waals surface area contributed by atoms with E-state index >= 15 is 0 Å². The molecule has 2 aromatic rings. The molecule has 16 heavy (non-hydrogen) atoms. The number of nitrogens with zero attached hydrogens (tertiary/aromatic N) is 1. The number of halogens is 1. The lowest BCUT2D eigenvalue weighted by atomic mass is 10.1. The summed E-state index contributed by atoms with van der Waals surface area (Å²) >= 11 is 7.57. The number of imidazole rings is 1. The molecule has 2 N–H and O–H groups in total. The first-order valence-corrected chi connectivity index (χ1v) is 6.46. The first kappa shape index (κ1) is 11.6. The maximum Gasteiger partial charge on any atom is 0.107 e. The van der Waals surface area contributed by atoms with E-state index in [9.17, 15) is 0 Å². The number of H-pyrrole nitrogens is 1. The summed E-state index contributed by atoms with van der Waals surface area (Å²) in [4.78, 5) is 8.62. The minimum atomic E-state index is 0.286. The second-order valence-electron chi connectivity index (χ2n) is 3.49. The normalized spacial score (nSPS) is 12.9. The summed E-state index contributed by atoms with van der Waals surface area (Å²) in [7, 11) is 0. The minimum Gasteiger partial charge on any atom is -0.349 e. The van der Waals surface area contributed by atoms with Gasteiger partial charge in [0, 0.05) is 29.7 Å². The van der Waals surface area contributed by atoms with Crippen LogP contribution in [-0.4, -0.2) is 16.5 Å². The molecule has 0 spiro atoms. The maximum atomic E-state index is 5.95. The molecule has 0 aliphatic heterocycles. The molecular weight excluding hydrogens is 242 g/mol. The summed E-state index contributed by atoms with van der Waals surface area (Å²) in [6, 6.07) is 4.30. The lowest BCUT2D eigenvalue weighted by molar-refractivity contribution is 0.547. The first-order chi connectivity index (χ1) is 7.79. The van der Waals surface area contributed by atoms with Gasteiger partial charge in [-0.2, -0.15) is 0 Å². The van der Waals surface area contributed by atoms with Gasteiger partial charge in [0.25, 0.3) is 0 Å². The minimum absolute atomic E-state index is 0.286. The number of thiophene rings is 1. The average molecular weight is 256 g/mol. The fourth-order valence-electron chi connectivity index (χ4n) is 1.64. The Morgan fingerprint density at radius 3 is 3.00 bits per heavy atom. The van der Waals surface area contributed by atoms with Crippen LogP contribution in [-0.2, 0) is 6.42 Å². The molecule has 0 amide bonds. The Morgan fingerprint density at radius 2 is 2.44 bits per heavy atom. The highest BCUT2D eigenvalue weighted by molar-refractivity contribution is 7.16. The highest BCUT2D eigenvalue weighted by atomic mass is 35.5. The van der Waals surface area contributed by atoms with Crippen LogP contribution in [0.2, 0.25) is 4.34 Å². The predicted molar refractivity (Wildman–Crippen MR) is 68.0 cm³/mol. The zero-order chi connectivity index (χ0) is 11.4. The number of hydrogen-bond donors (Lipinski definition) is 2. The van der Waals surface area contributed by atoms with E-state index < -0.39 is 0 Å². The Hall–Kier alpha value is -0.840. The number of aromatic amines is 1. The van der Waals surface area contributed by atoms with E-state index in [2.05, 4.69) is 28.3 Å². The summed E-state index contributed by atoms with van der Waals surface area (Å²) < 4.78 is 0.831. The summed E-state index contributed by atoms with van der Waals surface area (Å²) in [5.41, 5.74) is 0. The van der Waals surface area contributed by atoms with Gasteiger partial charge in [-0.15, -0.1) is 11.3 Å². The molecule has 0 radical (unpaired) electrons. The smallest absolute Gasteiger partial charge is 0.107 e. The molecule has 5 heteroatoms. The Balaban J connectivity index is 2.11. The average Bonchev–Trinajstić information content (AvgIpc) is 2.88. The van der Waals surface area contributed by atoms with Gasteiger partial charge in [-0.25, -0.2) is 4.98 Å². The van der Waals surface area contributed by atoms with Crippen molar-refractivity contribution in [2.24, 2.45) is 0 Å². The molecule has 1 atom stereocenters. The fraction of sp³-hybridized carbons (Fsp3) is 0.364. The quantitative estimate of drug-likeness (QED) is 0.862. The van der Waals surface area contributed by atoms with E-state index in [4.69, 9.17) is 11.6 Å². The van der Waals surface area contributed by atoms with Gasteiger partial charge in [-0.1, -0.05) is 18.5 Å². The van der Waals surface area contributed by atoms with Crippen molar-refractivity contribution in [3.63, 3.8) is 0 Å². The van der Waals surface area contributed by atoms with E-state index in [-0.39, 0.29) is 6.04 Å². The highest BCUT2D eigenvalue weighted by Gasteiger charge is 2.14. The van der Waals surface area contributed by atoms with E-state index in [0.717, 1.165) is 23.1 Å². The molecule has 2 aromatic heterocycles. The van der Waals surface area contributed by atoms with Crippen LogP contribution in [0.25, 0.3) is 0 Å². The highest BCUT2D eigenvalue weighted by Crippen LogP contribution is 2.28. The third kappa shape index (κ3) is 2.84. The Bertz CT molecular complexity index is 424. The summed E-state index contributed by atoms with van der Waals surface area (Å²) in [5.74, 6) is 0.996. The van der Waals surface area contributed by atoms with Crippen LogP contribution >= 0.6 is 22.9 Å². The molecule has 2 heterocycles. The molecule has 0 fully saturated rings. The van der Waals surface area contributed by atoms with E-state index in [1.54, 1.807) is 17.5 Å². The van der Waals surface area contributed by atoms with Crippen LogP contribution in [0.1, 0.15) is 23.7 Å². The topological polar surface area (TPSA) is 40.7 Å². The van der Waals surface area contributed by atoms with Gasteiger partial charge < -0.3 is 10.3 Å². The van der Waals surface area contributed by atoms with Gasteiger partial charge >= 0.3 is 0 Å². The number of nitrogens with one attached hydrogen (secondary N) is 2. The molecule has 0 saturated heterocycles. The molecule has 3 nitrogen and oxygen atoms in total. The molecule has 0 aliphatic carbocycles. The van der Waals surface area contributed by atoms with Crippen molar-refractivity contribution in [2.45, 2.75) is 19.4 Å². The maximum absolute atomic E-state index is 5.95. The van der Waals surface area contributed by atoms with Gasteiger partial charge in [0.1, 0.15) is 5.82 Å². The zero-order valence-electron chi connectivity index (χ0n) is 9.03. The van der Waals surface area contributed by atoms with Gasteiger partial charge in [-0.3, -0.25) is 0 Å². The molecule has 0 aliphatic rings. The van der Waals surface area contributed by atoms with Crippen LogP contribution in [0.4, 0.5) is 0 Å². The number of likely N-dealkylation sites (N-methyl/N-ethyl adjacent to an activating group) is 1. The van der Waals surface area contributed by atoms with Gasteiger partial charge in [-0.05, 0) is 18.7 Å². The van der Waals surface area contributed by atoms with Crippen LogP contribution < -0.4 is 5.32 Å². The second-order valence-corrected chi connectivity index (χ2v) is 5.24. The van der Waals surface area contributed by atoms with Crippen molar-refractivity contribution in [2.75, 3.05) is 6.54 Å². The molecular formula is C11H14ClN3S. The summed E-state index contributed by atoms with van der Waals surface area (Å²) in [6.07, 6.45) is 4.48. The molecule has 0 saturated carbocycles. The van der Waals surface area contributed by atoms with Crippen molar-refractivity contribution in [1.29, 1.82) is 0 Å². The largest absolute Gasteiger partial charge is 0.349 e. The molecule has 2 rings (SSSR count). The van der Waals surface area contributed by atoms with Gasteiger partial charge in [0.05, 0.1) is 4.34 Å². The molecule has 0 aromatic carbocycles. The van der Waals surface area contributed by atoms with Gasteiger partial charge in [0.2, 0.25) is 0 Å². The van der Waals surface area contributed by atoms with E-state index in [1.807, 2.05) is 12.3 Å². The summed E-state index contributed by atoms with van der Waals surface area (Å²) in [6.45, 7) is 3.03. The van der Waals surface area contributed by atoms with Crippen LogP contribution in [0, 0.1) is 0 Å². The third-order valence-electron chi connectivity index (χ3n) is 2.34. The Labute approximate surface area is 104 Å². The Morgan fingerprint density at radius 1 is 1.56 bits per heavy atom. The van der Waals surface area contributed by atoms with Crippen molar-refractivity contribution in [3.8, 4) is 0 Å². The molecule has 86 valence electrons. The van der Waals surface area contributed by atoms with E-state index in [0.29, 0.717) is 0 Å². The zero-order valence-corrected chi connectivity index (χ0v) is 10.6. The number of aromatic nitrogens is 2. The lowest BCUT2D eigenvalue weighted by Gasteiger charge is -2.14. The van der Waals surface area contributed by atoms with Gasteiger partial charge in [0.15, 0.2) is 0 Å². The predicted octanol–water partition coefficient (Wildman–Crippen LogP) is 3.02. The van der Waals surface area contributed by atoms with Crippen molar-refractivity contribution in [3.05, 3.63) is 39.6 Å². The van der Waals surface area contributed by atoms with Crippen molar-refractivity contribution >= 4 is 22.9 Å². The van der Waals surface area contributed by atoms with Crippen molar-refractivity contribution in [1.82, 2.24) is 15.3 Å². The first-order valence-electron chi connectivity index (χ1n) is 5.26. The van der Waals surface area contributed by atoms with E-state index in [1.165, 1.54) is 4.88 Å². The van der Waals surface area contributed by atoms with Crippen LogP contribution in [0.5, 0.6) is 0 Å². The standard InChI is InChI=1S/C11H14ClN3S/c1-2-13-8(7-11-14-5-6-15-11)9-3-4-10(12)16-9/h3-6,8,13H,2,7H2,1H3,(H,14,15). The van der Waals surface area contributed by atoms with Crippen LogP contribution in [0.15, 0.2) is 24.5 Å².